The predicted octanol–water partition coefficient (Wildman–Crippen LogP) is 6.61. The van der Waals surface area contributed by atoms with Crippen LogP contribution in [0.25, 0.3) is 66.1 Å². The topological polar surface area (TPSA) is 117 Å². The number of nitriles is 2. The summed E-state index contributed by atoms with van der Waals surface area (Å²) < 4.78 is 100. The van der Waals surface area contributed by atoms with Crippen molar-refractivity contribution < 1.29 is 35.5 Å². The summed E-state index contributed by atoms with van der Waals surface area (Å²) in [6.45, 7) is 16.9. The first kappa shape index (κ1) is 33.3. The first-order valence-corrected chi connectivity index (χ1v) is 14.7. The van der Waals surface area contributed by atoms with Gasteiger partial charge in [0.2, 0.25) is 5.75 Å². The molecule has 2 heterocycles. The molecule has 16 heteroatoms. The van der Waals surface area contributed by atoms with Crippen molar-refractivity contribution in [2.75, 3.05) is 0 Å². The molecule has 2 aliphatic rings. The summed E-state index contributed by atoms with van der Waals surface area (Å²) in [6, 6.07) is 6.96. The van der Waals surface area contributed by atoms with Crippen molar-refractivity contribution in [1.82, 2.24) is 19.9 Å². The first-order chi connectivity index (χ1) is 24.8. The highest BCUT2D eigenvalue weighted by Crippen LogP contribution is 2.40. The Balaban J connectivity index is 1.55. The van der Waals surface area contributed by atoms with E-state index in [1.807, 2.05) is 12.1 Å². The largest absolute Gasteiger partial charge is 0.573 e. The summed E-state index contributed by atoms with van der Waals surface area (Å²) in [5, 5.41) is 20.4. The number of alkyl halides is 3. The Morgan fingerprint density at radius 3 is 1.56 bits per heavy atom. The van der Waals surface area contributed by atoms with Crippen LogP contribution in [0.5, 0.6) is 5.75 Å². The standard InChI is InChI=1S/C36H13F7N8O/c1-14-19(37)4-15(5-20(14)38)27-12-48-23-8-17-29(25(10-44)46-2)18-9-24-34(31(18)32(26(11-45)47-3)30(17)33(23)50-27)51-28(13-49-24)16-6-21(39)35(22(40)7-16)52-36(41,42)43/h4-7,12-13H,8-9H2,1H3/b29-25+,32-26+. The Labute approximate surface area is 287 Å². The summed E-state index contributed by atoms with van der Waals surface area (Å²) in [5.74, 6) is -6.74. The van der Waals surface area contributed by atoms with E-state index < -0.39 is 41.1 Å². The van der Waals surface area contributed by atoms with E-state index in [4.69, 9.17) is 13.1 Å². The highest BCUT2D eigenvalue weighted by molar-refractivity contribution is 5.91. The lowest BCUT2D eigenvalue weighted by molar-refractivity contribution is -0.276. The Bertz CT molecular complexity index is 2690. The predicted molar refractivity (Wildman–Crippen MR) is 167 cm³/mol. The van der Waals surface area contributed by atoms with Crippen molar-refractivity contribution in [2.24, 2.45) is 0 Å². The smallest absolute Gasteiger partial charge is 0.399 e. The van der Waals surface area contributed by atoms with Gasteiger partial charge in [-0.1, -0.05) is 0 Å². The molecule has 0 spiro atoms. The molecule has 0 N–H and O–H groups in total. The third kappa shape index (κ3) is 5.22. The van der Waals surface area contributed by atoms with E-state index in [-0.39, 0.29) is 90.8 Å². The van der Waals surface area contributed by atoms with Crippen LogP contribution in [-0.4, -0.2) is 26.3 Å². The molecule has 252 valence electrons. The van der Waals surface area contributed by atoms with Gasteiger partial charge in [-0.15, -0.1) is 13.2 Å². The average Bonchev–Trinajstić information content (AvgIpc) is 3.67. The average molecular weight is 707 g/mol. The number of benzene rings is 3. The first-order valence-electron chi connectivity index (χ1n) is 14.7. The van der Waals surface area contributed by atoms with Crippen LogP contribution in [-0.2, 0) is 12.8 Å². The van der Waals surface area contributed by atoms with Crippen LogP contribution in [0.4, 0.5) is 30.7 Å². The molecule has 0 fully saturated rings. The molecule has 0 atom stereocenters. The monoisotopic (exact) mass is 706 g/mol. The third-order valence-corrected chi connectivity index (χ3v) is 8.56. The van der Waals surface area contributed by atoms with Crippen LogP contribution in [0.1, 0.15) is 28.1 Å². The van der Waals surface area contributed by atoms with Gasteiger partial charge < -0.3 is 4.74 Å². The molecule has 0 amide bonds. The second kappa shape index (κ2) is 12.0. The van der Waals surface area contributed by atoms with Crippen LogP contribution >= 0.6 is 0 Å². The number of hydrogen-bond donors (Lipinski definition) is 0. The van der Waals surface area contributed by atoms with Gasteiger partial charge in [0.05, 0.1) is 71.8 Å². The minimum atomic E-state index is -5.38. The Morgan fingerprint density at radius 1 is 0.731 bits per heavy atom. The highest BCUT2D eigenvalue weighted by atomic mass is 19.4. The van der Waals surface area contributed by atoms with E-state index in [0.29, 0.717) is 23.4 Å². The number of fused-ring (bicyclic) bond motifs is 6. The van der Waals surface area contributed by atoms with E-state index >= 15 is 0 Å². The third-order valence-electron chi connectivity index (χ3n) is 8.56. The summed E-state index contributed by atoms with van der Waals surface area (Å²) in [4.78, 5) is 24.8. The normalized spacial score (nSPS) is 13.4. The van der Waals surface area contributed by atoms with Gasteiger partial charge in [-0.2, -0.15) is 0 Å². The van der Waals surface area contributed by atoms with Crippen LogP contribution in [0.3, 0.4) is 0 Å². The second-order valence-corrected chi connectivity index (χ2v) is 11.4. The molecule has 0 bridgehead atoms. The van der Waals surface area contributed by atoms with E-state index in [1.165, 1.54) is 13.1 Å². The summed E-state index contributed by atoms with van der Waals surface area (Å²) in [5.41, 5.74) is -0.158. The molecule has 0 saturated heterocycles. The number of nitrogens with zero attached hydrogens (tertiary/aromatic N) is 8. The lowest BCUT2D eigenvalue weighted by atomic mass is 9.92. The van der Waals surface area contributed by atoms with Crippen molar-refractivity contribution in [3.8, 4) is 62.9 Å². The van der Waals surface area contributed by atoms with Crippen LogP contribution in [0.15, 0.2) is 36.7 Å². The van der Waals surface area contributed by atoms with Gasteiger partial charge in [0.25, 0.3) is 11.4 Å². The fourth-order valence-electron chi connectivity index (χ4n) is 6.35. The second-order valence-electron chi connectivity index (χ2n) is 11.4. The molecule has 2 aliphatic carbocycles. The van der Waals surface area contributed by atoms with Gasteiger partial charge in [-0.3, -0.25) is 9.97 Å². The Kier molecular flexibility index (Phi) is 7.70. The van der Waals surface area contributed by atoms with Crippen molar-refractivity contribution in [3.05, 3.63) is 121 Å². The lowest BCUT2D eigenvalue weighted by Crippen LogP contribution is -2.26. The maximum atomic E-state index is 14.7. The zero-order valence-corrected chi connectivity index (χ0v) is 26.0. The zero-order valence-electron chi connectivity index (χ0n) is 26.0. The number of ether oxygens (including phenoxy) is 1. The minimum absolute atomic E-state index is 0.0121. The van der Waals surface area contributed by atoms with Gasteiger partial charge >= 0.3 is 6.36 Å². The van der Waals surface area contributed by atoms with Crippen LogP contribution in [0, 0.1) is 66.0 Å². The molecule has 5 aromatic rings. The van der Waals surface area contributed by atoms with Crippen LogP contribution < -0.4 is 15.2 Å². The fourth-order valence-corrected chi connectivity index (χ4v) is 6.35. The molecule has 0 radical (unpaired) electrons. The Hall–Kier alpha value is -7.17. The fraction of sp³-hybridized carbons (Fsp3) is 0.111. The van der Waals surface area contributed by atoms with Gasteiger partial charge in [-0.05, 0) is 42.3 Å². The molecule has 0 aliphatic heterocycles. The lowest BCUT2D eigenvalue weighted by Gasteiger charge is -2.13. The molecule has 0 unspecified atom stereocenters. The molecule has 2 aromatic heterocycles. The molecule has 0 saturated carbocycles. The molecular formula is C36H13F7N8O. The summed E-state index contributed by atoms with van der Waals surface area (Å²) >= 11 is 0. The van der Waals surface area contributed by atoms with Gasteiger partial charge in [0.15, 0.2) is 11.6 Å². The molecule has 7 rings (SSSR count). The van der Waals surface area contributed by atoms with E-state index in [2.05, 4.69) is 34.4 Å². The molecular weight excluding hydrogens is 693 g/mol. The summed E-state index contributed by atoms with van der Waals surface area (Å²) in [6.07, 6.45) is -3.08. The van der Waals surface area contributed by atoms with Crippen LogP contribution in [0.2, 0.25) is 0 Å². The number of aromatic nitrogens is 4. The van der Waals surface area contributed by atoms with Crippen molar-refractivity contribution in [2.45, 2.75) is 26.1 Å². The highest BCUT2D eigenvalue weighted by Gasteiger charge is 2.36. The van der Waals surface area contributed by atoms with E-state index in [9.17, 15) is 41.3 Å². The van der Waals surface area contributed by atoms with Crippen molar-refractivity contribution in [3.63, 3.8) is 0 Å². The van der Waals surface area contributed by atoms with Crippen molar-refractivity contribution >= 4 is 11.4 Å². The number of halogens is 7. The van der Waals surface area contributed by atoms with Gasteiger partial charge in [0.1, 0.15) is 11.6 Å². The maximum absolute atomic E-state index is 14.7. The number of rotatable bonds is 3. The van der Waals surface area contributed by atoms with Gasteiger partial charge in [0, 0.05) is 51.1 Å². The maximum Gasteiger partial charge on any atom is 0.573 e. The molecule has 3 aromatic carbocycles. The van der Waals surface area contributed by atoms with E-state index in [0.717, 1.165) is 18.3 Å². The molecule has 9 nitrogen and oxygen atoms in total. The number of hydrogen-bond acceptors (Lipinski definition) is 7. The van der Waals surface area contributed by atoms with E-state index in [1.54, 1.807) is 0 Å². The SMILES string of the molecule is [C-]#[N+]/C(C#N)=c1\c2c(/c(=C(/C#N)[N+]#[C-])c3c1Cc1ncc(-c4cc(F)c(OC(F)(F)F)c(F)c4)nc1-3)-c1nc(-c3cc(F)c(C)c(F)c3)cnc1C2. The minimum Gasteiger partial charge on any atom is -0.399 e. The summed E-state index contributed by atoms with van der Waals surface area (Å²) in [7, 11) is 0. The quantitative estimate of drug-likeness (QED) is 0.150. The molecule has 52 heavy (non-hydrogen) atoms. The van der Waals surface area contributed by atoms with Gasteiger partial charge in [-0.25, -0.2) is 47.7 Å². The van der Waals surface area contributed by atoms with Crippen molar-refractivity contribution in [1.29, 1.82) is 10.5 Å². The Morgan fingerprint density at radius 2 is 1.15 bits per heavy atom. The zero-order chi connectivity index (χ0) is 37.2.